The van der Waals surface area contributed by atoms with Crippen molar-refractivity contribution in [2.75, 3.05) is 9.80 Å². The fourth-order valence-electron chi connectivity index (χ4n) is 8.16. The Kier molecular flexibility index (Phi) is 6.82. The fourth-order valence-corrected chi connectivity index (χ4v) is 8.16. The van der Waals surface area contributed by atoms with Crippen molar-refractivity contribution in [1.82, 2.24) is 0 Å². The lowest BCUT2D eigenvalue weighted by Gasteiger charge is -2.28. The first kappa shape index (κ1) is 30.3. The van der Waals surface area contributed by atoms with E-state index in [1.54, 1.807) is 0 Å². The summed E-state index contributed by atoms with van der Waals surface area (Å²) >= 11 is 0. The maximum absolute atomic E-state index is 6.80. The van der Waals surface area contributed by atoms with Crippen LogP contribution in [0.25, 0.3) is 54.6 Å². The second-order valence-corrected chi connectivity index (χ2v) is 13.7. The zero-order valence-electron chi connectivity index (χ0n) is 29.2. The van der Waals surface area contributed by atoms with Crippen LogP contribution in [0.5, 0.6) is 11.5 Å². The SMILES string of the molecule is c1ccc(N(c2ccccc2)c2ccc3c(c2)Oc2cccc4c2c-3cc2ccc(N(c3ccccc3)c3ccc5c(c3)oc3ccccc35)cc24)cc1. The standard InChI is InChI=1S/C50H32N2O2/c1-4-13-34(14-5-1)51(35-15-6-2-7-16-35)38-26-28-42-45-29-33-23-24-37(30-44(33)43-20-12-22-47(50(43)45)54-49(42)31-38)52(36-17-8-3-9-18-36)39-25-27-41-40-19-10-11-21-46(40)53-48(41)32-39/h1-32H. The topological polar surface area (TPSA) is 28.9 Å². The van der Waals surface area contributed by atoms with Gasteiger partial charge in [-0.15, -0.1) is 0 Å². The van der Waals surface area contributed by atoms with E-state index in [-0.39, 0.29) is 0 Å². The molecule has 2 heterocycles. The lowest BCUT2D eigenvalue weighted by Crippen LogP contribution is -2.10. The van der Waals surface area contributed by atoms with E-state index in [1.807, 2.05) is 24.3 Å². The molecule has 0 atom stereocenters. The Morgan fingerprint density at radius 2 is 0.889 bits per heavy atom. The summed E-state index contributed by atoms with van der Waals surface area (Å²) in [6.45, 7) is 0. The highest BCUT2D eigenvalue weighted by molar-refractivity contribution is 6.18. The number of ether oxygens (including phenoxy) is 1. The number of rotatable bonds is 6. The van der Waals surface area contributed by atoms with Gasteiger partial charge in [0, 0.05) is 68.0 Å². The fraction of sp³-hybridized carbons (Fsp3) is 0. The summed E-state index contributed by atoms with van der Waals surface area (Å²) in [4.78, 5) is 4.58. The largest absolute Gasteiger partial charge is 0.456 e. The highest BCUT2D eigenvalue weighted by atomic mass is 16.5. The van der Waals surface area contributed by atoms with Crippen molar-refractivity contribution in [3.63, 3.8) is 0 Å². The van der Waals surface area contributed by atoms with Gasteiger partial charge >= 0.3 is 0 Å². The monoisotopic (exact) mass is 692 g/mol. The Hall–Kier alpha value is -7.30. The Bertz CT molecular complexity index is 2990. The molecule has 0 saturated heterocycles. The van der Waals surface area contributed by atoms with Crippen LogP contribution in [0.1, 0.15) is 0 Å². The minimum absolute atomic E-state index is 0.844. The van der Waals surface area contributed by atoms with Crippen LogP contribution in [0.15, 0.2) is 199 Å². The molecule has 0 bridgehead atoms. The van der Waals surface area contributed by atoms with Crippen molar-refractivity contribution in [3.05, 3.63) is 194 Å². The van der Waals surface area contributed by atoms with Crippen molar-refractivity contribution in [2.24, 2.45) is 0 Å². The third-order valence-electron chi connectivity index (χ3n) is 10.6. The molecule has 0 aliphatic carbocycles. The molecule has 4 heteroatoms. The van der Waals surface area contributed by atoms with Gasteiger partial charge in [-0.2, -0.15) is 0 Å². The highest BCUT2D eigenvalue weighted by Gasteiger charge is 2.24. The van der Waals surface area contributed by atoms with Gasteiger partial charge in [0.1, 0.15) is 22.7 Å². The summed E-state index contributed by atoms with van der Waals surface area (Å²) in [5.41, 5.74) is 10.4. The molecule has 1 aliphatic rings. The van der Waals surface area contributed by atoms with E-state index in [9.17, 15) is 0 Å². The van der Waals surface area contributed by atoms with Crippen molar-refractivity contribution in [2.45, 2.75) is 0 Å². The van der Waals surface area contributed by atoms with Crippen LogP contribution in [0, 0.1) is 0 Å². The van der Waals surface area contributed by atoms with Crippen LogP contribution in [-0.4, -0.2) is 0 Å². The number of para-hydroxylation sites is 4. The molecule has 1 aromatic heterocycles. The summed E-state index contributed by atoms with van der Waals surface area (Å²) in [6.07, 6.45) is 0. The summed E-state index contributed by atoms with van der Waals surface area (Å²) in [6, 6.07) is 68.3. The zero-order chi connectivity index (χ0) is 35.6. The number of fused-ring (bicyclic) bond motifs is 7. The number of anilines is 6. The number of furan rings is 1. The molecule has 9 aromatic carbocycles. The molecule has 0 unspecified atom stereocenters. The Morgan fingerprint density at radius 1 is 0.315 bits per heavy atom. The first-order chi connectivity index (χ1) is 26.8. The van der Waals surface area contributed by atoms with E-state index in [0.717, 1.165) is 83.9 Å². The number of hydrogen-bond acceptors (Lipinski definition) is 4. The predicted molar refractivity (Wildman–Crippen MR) is 224 cm³/mol. The van der Waals surface area contributed by atoms with Crippen LogP contribution in [0.4, 0.5) is 34.1 Å². The zero-order valence-corrected chi connectivity index (χ0v) is 29.2. The molecule has 0 radical (unpaired) electrons. The maximum atomic E-state index is 6.80. The maximum Gasteiger partial charge on any atom is 0.137 e. The van der Waals surface area contributed by atoms with E-state index in [0.29, 0.717) is 0 Å². The first-order valence-electron chi connectivity index (χ1n) is 18.3. The average molecular weight is 693 g/mol. The summed E-state index contributed by atoms with van der Waals surface area (Å²) in [5, 5.41) is 6.86. The molecule has 10 aromatic rings. The van der Waals surface area contributed by atoms with Gasteiger partial charge in [-0.05, 0) is 113 Å². The molecular weight excluding hydrogens is 661 g/mol. The number of nitrogens with zero attached hydrogens (tertiary/aromatic N) is 2. The third kappa shape index (κ3) is 4.85. The van der Waals surface area contributed by atoms with Gasteiger partial charge in [0.2, 0.25) is 0 Å². The first-order valence-corrected chi connectivity index (χ1v) is 18.3. The second kappa shape index (κ2) is 12.1. The van der Waals surface area contributed by atoms with Gasteiger partial charge in [0.05, 0.1) is 0 Å². The number of hydrogen-bond donors (Lipinski definition) is 0. The van der Waals surface area contributed by atoms with Gasteiger partial charge < -0.3 is 19.0 Å². The molecule has 0 spiro atoms. The van der Waals surface area contributed by atoms with Crippen LogP contribution >= 0.6 is 0 Å². The molecule has 1 aliphatic heterocycles. The third-order valence-corrected chi connectivity index (χ3v) is 10.6. The van der Waals surface area contributed by atoms with E-state index in [4.69, 9.17) is 9.15 Å². The van der Waals surface area contributed by atoms with E-state index in [1.165, 1.54) is 16.3 Å². The molecule has 254 valence electrons. The predicted octanol–water partition coefficient (Wildman–Crippen LogP) is 14.6. The average Bonchev–Trinajstić information content (AvgIpc) is 3.60. The van der Waals surface area contributed by atoms with Gasteiger partial charge in [-0.1, -0.05) is 91.0 Å². The van der Waals surface area contributed by atoms with Crippen molar-refractivity contribution < 1.29 is 9.15 Å². The van der Waals surface area contributed by atoms with Gasteiger partial charge in [0.15, 0.2) is 0 Å². The molecule has 0 fully saturated rings. The molecule has 0 N–H and O–H groups in total. The molecule has 0 saturated carbocycles. The van der Waals surface area contributed by atoms with Crippen LogP contribution in [-0.2, 0) is 0 Å². The molecular formula is C50H32N2O2. The van der Waals surface area contributed by atoms with Gasteiger partial charge in [0.25, 0.3) is 0 Å². The normalized spacial score (nSPS) is 11.9. The Labute approximate surface area is 312 Å². The molecule has 11 rings (SSSR count). The van der Waals surface area contributed by atoms with Gasteiger partial charge in [-0.25, -0.2) is 0 Å². The lowest BCUT2D eigenvalue weighted by molar-refractivity contribution is 0.487. The second-order valence-electron chi connectivity index (χ2n) is 13.7. The Balaban J connectivity index is 1.05. The van der Waals surface area contributed by atoms with E-state index in [2.05, 4.69) is 180 Å². The van der Waals surface area contributed by atoms with Crippen molar-refractivity contribution >= 4 is 77.6 Å². The van der Waals surface area contributed by atoms with Crippen LogP contribution in [0.2, 0.25) is 0 Å². The van der Waals surface area contributed by atoms with Crippen molar-refractivity contribution in [1.29, 1.82) is 0 Å². The Morgan fingerprint density at radius 3 is 1.63 bits per heavy atom. The van der Waals surface area contributed by atoms with E-state index < -0.39 is 0 Å². The lowest BCUT2D eigenvalue weighted by atomic mass is 9.90. The van der Waals surface area contributed by atoms with Gasteiger partial charge in [-0.3, -0.25) is 0 Å². The smallest absolute Gasteiger partial charge is 0.137 e. The summed E-state index contributed by atoms with van der Waals surface area (Å²) in [5.74, 6) is 1.71. The molecule has 4 nitrogen and oxygen atoms in total. The van der Waals surface area contributed by atoms with Crippen molar-refractivity contribution in [3.8, 4) is 22.6 Å². The quantitative estimate of drug-likeness (QED) is 0.162. The molecule has 54 heavy (non-hydrogen) atoms. The summed E-state index contributed by atoms with van der Waals surface area (Å²) < 4.78 is 13.1. The van der Waals surface area contributed by atoms with Crippen LogP contribution in [0.3, 0.4) is 0 Å². The minimum Gasteiger partial charge on any atom is -0.456 e. The summed E-state index contributed by atoms with van der Waals surface area (Å²) in [7, 11) is 0. The molecule has 0 amide bonds. The van der Waals surface area contributed by atoms with Crippen LogP contribution < -0.4 is 14.5 Å². The minimum atomic E-state index is 0.844. The highest BCUT2D eigenvalue weighted by Crippen LogP contribution is 2.51. The van der Waals surface area contributed by atoms with E-state index >= 15 is 0 Å². The number of benzene rings is 9.